The molecule has 2 aliphatic heterocycles. The number of Topliss-reactive ketones (excluding diaryl/α,β-unsaturated/α-hetero) is 1. The van der Waals surface area contributed by atoms with Crippen molar-refractivity contribution < 1.29 is 32.8 Å². The molecule has 2 aromatic carbocycles. The van der Waals surface area contributed by atoms with Crippen LogP contribution in [0.1, 0.15) is 19.8 Å². The van der Waals surface area contributed by atoms with Gasteiger partial charge in [-0.3, -0.25) is 15.1 Å². The molecule has 1 atom stereocenters. The van der Waals surface area contributed by atoms with Crippen LogP contribution in [0.2, 0.25) is 0 Å². The van der Waals surface area contributed by atoms with E-state index in [2.05, 4.69) is 10.3 Å². The molecular weight excluding hydrogens is 485 g/mol. The van der Waals surface area contributed by atoms with Crippen LogP contribution in [0, 0.1) is 5.82 Å². The van der Waals surface area contributed by atoms with Gasteiger partial charge in [0, 0.05) is 19.5 Å². The van der Waals surface area contributed by atoms with Gasteiger partial charge in [-0.15, -0.1) is 0 Å². The van der Waals surface area contributed by atoms with Crippen molar-refractivity contribution in [1.29, 1.82) is 0 Å². The number of fused-ring (bicyclic) bond motifs is 1. The van der Waals surface area contributed by atoms with Crippen molar-refractivity contribution >= 4 is 46.4 Å². The molecule has 37 heavy (non-hydrogen) atoms. The molecule has 2 aliphatic rings. The topological polar surface area (TPSA) is 117 Å². The molecule has 12 heteroatoms. The summed E-state index contributed by atoms with van der Waals surface area (Å²) in [6.07, 6.45) is -0.222. The van der Waals surface area contributed by atoms with E-state index in [0.717, 1.165) is 5.06 Å². The second-order valence-electron chi connectivity index (χ2n) is 8.83. The van der Waals surface area contributed by atoms with Gasteiger partial charge >= 0.3 is 18.1 Å². The molecule has 3 amide bonds. The third-order valence-electron chi connectivity index (χ3n) is 6.19. The van der Waals surface area contributed by atoms with Crippen molar-refractivity contribution in [1.82, 2.24) is 10.0 Å². The van der Waals surface area contributed by atoms with Gasteiger partial charge in [0.05, 0.1) is 31.1 Å². The average molecular weight is 512 g/mol. The number of oxazole rings is 1. The molecule has 0 aliphatic carbocycles. The van der Waals surface area contributed by atoms with Gasteiger partial charge in [0.2, 0.25) is 0 Å². The summed E-state index contributed by atoms with van der Waals surface area (Å²) in [5.74, 6) is -0.490. The Morgan fingerprint density at radius 2 is 2.00 bits per heavy atom. The highest BCUT2D eigenvalue weighted by atomic mass is 19.1. The predicted molar refractivity (Wildman–Crippen MR) is 132 cm³/mol. The third kappa shape index (κ3) is 5.48. The SMILES string of the molecule is CC(=O)CC[C@H]1CN(c2ccc(N3CCON(C(=O)Nc4nc5ccccc5o4)CC3)c(F)c2)C(=O)O1. The number of nitrogens with zero attached hydrogens (tertiary/aromatic N) is 4. The Hall–Kier alpha value is -4.19. The number of carbonyl (C=O) groups is 3. The number of rotatable bonds is 6. The Morgan fingerprint density at radius 3 is 2.78 bits per heavy atom. The second kappa shape index (κ2) is 10.4. The van der Waals surface area contributed by atoms with Gasteiger partial charge in [0.15, 0.2) is 5.58 Å². The summed E-state index contributed by atoms with van der Waals surface area (Å²) >= 11 is 0. The molecule has 2 saturated heterocycles. The summed E-state index contributed by atoms with van der Waals surface area (Å²) in [6.45, 7) is 2.73. The lowest BCUT2D eigenvalue weighted by Gasteiger charge is -2.23. The van der Waals surface area contributed by atoms with Crippen LogP contribution in [0.3, 0.4) is 0 Å². The molecule has 0 bridgehead atoms. The maximum Gasteiger partial charge on any atom is 0.414 e. The molecule has 2 fully saturated rings. The molecule has 0 unspecified atom stereocenters. The first-order chi connectivity index (χ1) is 17.9. The molecule has 1 aromatic heterocycles. The van der Waals surface area contributed by atoms with E-state index in [-0.39, 0.29) is 31.5 Å². The van der Waals surface area contributed by atoms with Crippen molar-refractivity contribution in [3.63, 3.8) is 0 Å². The number of urea groups is 1. The molecular formula is C25H26FN5O6. The number of ether oxygens (including phenoxy) is 1. The summed E-state index contributed by atoms with van der Waals surface area (Å²) in [4.78, 5) is 49.1. The Labute approximate surface area is 211 Å². The van der Waals surface area contributed by atoms with Crippen molar-refractivity contribution in [2.45, 2.75) is 25.9 Å². The first-order valence-corrected chi connectivity index (χ1v) is 12.0. The van der Waals surface area contributed by atoms with Crippen LogP contribution in [-0.4, -0.2) is 66.8 Å². The van der Waals surface area contributed by atoms with Gasteiger partial charge in [0.1, 0.15) is 23.2 Å². The molecule has 1 N–H and O–H groups in total. The van der Waals surface area contributed by atoms with Gasteiger partial charge in [-0.25, -0.2) is 19.0 Å². The Morgan fingerprint density at radius 1 is 1.16 bits per heavy atom. The molecule has 0 saturated carbocycles. The highest BCUT2D eigenvalue weighted by Gasteiger charge is 2.33. The van der Waals surface area contributed by atoms with Crippen LogP contribution in [0.25, 0.3) is 11.1 Å². The van der Waals surface area contributed by atoms with E-state index in [1.807, 2.05) is 12.1 Å². The number of aromatic nitrogens is 1. The molecule has 11 nitrogen and oxygen atoms in total. The van der Waals surface area contributed by atoms with Crippen LogP contribution >= 0.6 is 0 Å². The fourth-order valence-electron chi connectivity index (χ4n) is 4.30. The van der Waals surface area contributed by atoms with Crippen LogP contribution < -0.4 is 15.1 Å². The van der Waals surface area contributed by atoms with Crippen LogP contribution in [0.15, 0.2) is 46.9 Å². The number of halogens is 1. The molecule has 3 heterocycles. The quantitative estimate of drug-likeness (QED) is 0.529. The summed E-state index contributed by atoms with van der Waals surface area (Å²) < 4.78 is 26.0. The fourth-order valence-corrected chi connectivity index (χ4v) is 4.30. The number of amides is 3. The number of nitrogens with one attached hydrogen (secondary N) is 1. The highest BCUT2D eigenvalue weighted by molar-refractivity contribution is 5.90. The molecule has 5 rings (SSSR count). The molecule has 3 aromatic rings. The van der Waals surface area contributed by atoms with Gasteiger partial charge in [0.25, 0.3) is 0 Å². The van der Waals surface area contributed by atoms with E-state index in [9.17, 15) is 14.4 Å². The predicted octanol–water partition coefficient (Wildman–Crippen LogP) is 3.95. The smallest absolute Gasteiger partial charge is 0.414 e. The van der Waals surface area contributed by atoms with Gasteiger partial charge in [-0.05, 0) is 43.7 Å². The summed E-state index contributed by atoms with van der Waals surface area (Å²) in [5.41, 5.74) is 1.87. The summed E-state index contributed by atoms with van der Waals surface area (Å²) in [6, 6.07) is 11.2. The van der Waals surface area contributed by atoms with Crippen molar-refractivity contribution in [3.05, 3.63) is 48.3 Å². The standard InChI is InChI=1S/C25H26FN5O6/c1-16(32)6-8-18-15-30(25(34)36-18)17-7-9-21(19(26)14-17)29-10-11-31(35-13-12-29)24(33)28-23-27-20-4-2-3-5-22(20)37-23/h2-5,7,9,14,18H,6,8,10-13,15H2,1H3,(H,27,28,33)/t18-/m0/s1. The summed E-state index contributed by atoms with van der Waals surface area (Å²) in [5, 5.41) is 3.74. The lowest BCUT2D eigenvalue weighted by molar-refractivity contribution is -0.117. The van der Waals surface area contributed by atoms with Gasteiger partial charge < -0.3 is 18.8 Å². The van der Waals surface area contributed by atoms with Crippen LogP contribution in [0.4, 0.5) is 31.4 Å². The number of hydrogen-bond acceptors (Lipinski definition) is 8. The van der Waals surface area contributed by atoms with Gasteiger partial charge in [-0.1, -0.05) is 12.1 Å². The minimum Gasteiger partial charge on any atom is -0.444 e. The van der Waals surface area contributed by atoms with Crippen molar-refractivity contribution in [2.75, 3.05) is 47.9 Å². The largest absolute Gasteiger partial charge is 0.444 e. The number of ketones is 1. The van der Waals surface area contributed by atoms with Crippen molar-refractivity contribution in [2.24, 2.45) is 0 Å². The maximum absolute atomic E-state index is 15.1. The Balaban J connectivity index is 1.20. The number of benzene rings is 2. The fraction of sp³-hybridized carbons (Fsp3) is 0.360. The van der Waals surface area contributed by atoms with E-state index >= 15 is 4.39 Å². The lowest BCUT2D eigenvalue weighted by atomic mass is 10.1. The molecule has 0 spiro atoms. The third-order valence-corrected chi connectivity index (χ3v) is 6.19. The van der Waals surface area contributed by atoms with E-state index in [1.165, 1.54) is 17.9 Å². The molecule has 194 valence electrons. The highest BCUT2D eigenvalue weighted by Crippen LogP contribution is 2.29. The lowest BCUT2D eigenvalue weighted by Crippen LogP contribution is -2.37. The zero-order valence-electron chi connectivity index (χ0n) is 20.2. The average Bonchev–Trinajstić information content (AvgIpc) is 3.36. The number of cyclic esters (lactones) is 1. The van der Waals surface area contributed by atoms with E-state index in [1.54, 1.807) is 29.2 Å². The zero-order valence-corrected chi connectivity index (χ0v) is 20.2. The zero-order chi connectivity index (χ0) is 25.9. The van der Waals surface area contributed by atoms with Gasteiger partial charge in [-0.2, -0.15) is 4.98 Å². The summed E-state index contributed by atoms with van der Waals surface area (Å²) in [7, 11) is 0. The monoisotopic (exact) mass is 511 g/mol. The number of carbonyl (C=O) groups excluding carboxylic acids is 3. The number of hydroxylamine groups is 2. The van der Waals surface area contributed by atoms with E-state index < -0.39 is 24.0 Å². The minimum atomic E-state index is -0.565. The minimum absolute atomic E-state index is 0.0218. The maximum atomic E-state index is 15.1. The van der Waals surface area contributed by atoms with Crippen molar-refractivity contribution in [3.8, 4) is 0 Å². The second-order valence-corrected chi connectivity index (χ2v) is 8.83. The van der Waals surface area contributed by atoms with E-state index in [4.69, 9.17) is 14.0 Å². The Kier molecular flexibility index (Phi) is 6.91. The van der Waals surface area contributed by atoms with Crippen LogP contribution in [0.5, 0.6) is 0 Å². The molecule has 0 radical (unpaired) electrons. The first kappa shape index (κ1) is 24.5. The van der Waals surface area contributed by atoms with E-state index in [0.29, 0.717) is 48.4 Å². The normalized spacial score (nSPS) is 18.2. The Bertz CT molecular complexity index is 1300. The number of anilines is 3. The number of hydrogen-bond donors (Lipinski definition) is 1. The first-order valence-electron chi connectivity index (χ1n) is 12.0. The van der Waals surface area contributed by atoms with Crippen LogP contribution in [-0.2, 0) is 14.4 Å². The number of para-hydroxylation sites is 2.